The molecule has 0 bridgehead atoms. The average molecular weight is 426 g/mol. The van der Waals surface area contributed by atoms with E-state index in [1.165, 1.54) is 21.3 Å². The lowest BCUT2D eigenvalue weighted by molar-refractivity contribution is 0.104. The van der Waals surface area contributed by atoms with Crippen LogP contribution in [0, 0.1) is 0 Å². The van der Waals surface area contributed by atoms with Crippen molar-refractivity contribution in [1.82, 2.24) is 0 Å². The largest absolute Gasteiger partial charge is 0.497 e. The van der Waals surface area contributed by atoms with Crippen molar-refractivity contribution in [3.8, 4) is 5.75 Å². The Morgan fingerprint density at radius 2 is 1.61 bits per heavy atom. The molecule has 28 heavy (non-hydrogen) atoms. The molecule has 0 spiro atoms. The molecule has 0 N–H and O–H groups in total. The molecule has 0 aliphatic carbocycles. The Kier molecular flexibility index (Phi) is 6.16. The normalized spacial score (nSPS) is 27.6. The topological polar surface area (TPSA) is 80.3 Å². The first-order valence-corrected chi connectivity index (χ1v) is 11.8. The third-order valence-electron chi connectivity index (χ3n) is 5.03. The van der Waals surface area contributed by atoms with E-state index in [0.717, 1.165) is 5.56 Å². The van der Waals surface area contributed by atoms with Gasteiger partial charge in [-0.15, -0.1) is 0 Å². The first-order valence-electron chi connectivity index (χ1n) is 8.65. The fourth-order valence-corrected chi connectivity index (χ4v) is 8.11. The van der Waals surface area contributed by atoms with Gasteiger partial charge >= 0.3 is 15.2 Å². The number of hydrogen-bond donors (Lipinski definition) is 0. The van der Waals surface area contributed by atoms with Gasteiger partial charge in [0.1, 0.15) is 5.75 Å². The maximum Gasteiger partial charge on any atom is 0.366 e. The van der Waals surface area contributed by atoms with Gasteiger partial charge in [0.05, 0.1) is 12.8 Å². The van der Waals surface area contributed by atoms with E-state index in [9.17, 15) is 9.13 Å². The van der Waals surface area contributed by atoms with Crippen molar-refractivity contribution in [3.05, 3.63) is 65.7 Å². The minimum atomic E-state index is -3.85. The van der Waals surface area contributed by atoms with Crippen LogP contribution >= 0.6 is 15.2 Å². The Balaban J connectivity index is 2.17. The molecule has 3 rings (SSSR count). The standard InChI is InChI=1S/C19H24O7P2/c1-22-17-12-10-15(11-13-17)18-14-19(26-27(18,20)23-2,28(21,24-3)25-4)16-8-6-5-7-9-16/h5-13,18H,14H2,1-4H3. The molecule has 1 saturated heterocycles. The summed E-state index contributed by atoms with van der Waals surface area (Å²) in [6.07, 6.45) is 0.105. The van der Waals surface area contributed by atoms with Crippen molar-refractivity contribution in [2.24, 2.45) is 0 Å². The molecule has 0 radical (unpaired) electrons. The Morgan fingerprint density at radius 3 is 2.11 bits per heavy atom. The second kappa shape index (κ2) is 8.11. The summed E-state index contributed by atoms with van der Waals surface area (Å²) in [5.74, 6) is 0.670. The first-order chi connectivity index (χ1) is 13.4. The van der Waals surface area contributed by atoms with Crippen LogP contribution in [-0.4, -0.2) is 28.4 Å². The Hall–Kier alpha value is -1.46. The van der Waals surface area contributed by atoms with Crippen molar-refractivity contribution in [2.45, 2.75) is 17.4 Å². The van der Waals surface area contributed by atoms with Crippen LogP contribution in [-0.2, 0) is 32.6 Å². The molecule has 2 aromatic rings. The van der Waals surface area contributed by atoms with E-state index >= 15 is 0 Å². The smallest absolute Gasteiger partial charge is 0.366 e. The number of benzene rings is 2. The Labute approximate surface area is 165 Å². The first kappa shape index (κ1) is 21.3. The number of rotatable bonds is 7. The summed E-state index contributed by atoms with van der Waals surface area (Å²) in [7, 11) is -2.07. The van der Waals surface area contributed by atoms with Crippen LogP contribution in [0.4, 0.5) is 0 Å². The molecule has 152 valence electrons. The van der Waals surface area contributed by atoms with Crippen LogP contribution in [0.2, 0.25) is 0 Å². The molecule has 1 heterocycles. The lowest BCUT2D eigenvalue weighted by Gasteiger charge is -2.33. The van der Waals surface area contributed by atoms with Gasteiger partial charge in [0.15, 0.2) is 0 Å². The van der Waals surface area contributed by atoms with E-state index in [0.29, 0.717) is 11.3 Å². The highest BCUT2D eigenvalue weighted by Crippen LogP contribution is 2.82. The molecule has 3 unspecified atom stereocenters. The highest BCUT2D eigenvalue weighted by atomic mass is 31.2. The van der Waals surface area contributed by atoms with Gasteiger partial charge in [-0.05, 0) is 23.3 Å². The van der Waals surface area contributed by atoms with Crippen molar-refractivity contribution in [2.75, 3.05) is 28.4 Å². The van der Waals surface area contributed by atoms with E-state index in [1.54, 1.807) is 55.6 Å². The quantitative estimate of drug-likeness (QED) is 0.553. The summed E-state index contributed by atoms with van der Waals surface area (Å²) in [5, 5.41) is -1.56. The SMILES string of the molecule is COc1ccc(C2CC(c3ccccc3)(P(=O)(OC)OC)OP2(=O)OC)cc1. The molecule has 7 nitrogen and oxygen atoms in total. The molecule has 0 amide bonds. The maximum absolute atomic E-state index is 13.6. The number of ether oxygens (including phenoxy) is 1. The van der Waals surface area contributed by atoms with Crippen LogP contribution in [0.5, 0.6) is 5.75 Å². The zero-order valence-corrected chi connectivity index (χ0v) is 18.0. The molecule has 1 aliphatic rings. The molecule has 0 aromatic heterocycles. The molecule has 0 saturated carbocycles. The van der Waals surface area contributed by atoms with Gasteiger partial charge in [-0.1, -0.05) is 42.5 Å². The summed E-state index contributed by atoms with van der Waals surface area (Å²) in [4.78, 5) is 0. The highest BCUT2D eigenvalue weighted by Gasteiger charge is 2.65. The lowest BCUT2D eigenvalue weighted by Crippen LogP contribution is -2.26. The van der Waals surface area contributed by atoms with Gasteiger partial charge in [0.25, 0.3) is 0 Å². The Bertz CT molecular complexity index is 892. The van der Waals surface area contributed by atoms with Crippen molar-refractivity contribution >= 4 is 15.2 Å². The van der Waals surface area contributed by atoms with E-state index in [-0.39, 0.29) is 6.42 Å². The van der Waals surface area contributed by atoms with Crippen molar-refractivity contribution in [1.29, 1.82) is 0 Å². The zero-order chi connectivity index (χ0) is 20.4. The maximum atomic E-state index is 13.6. The number of hydrogen-bond acceptors (Lipinski definition) is 7. The van der Waals surface area contributed by atoms with Gasteiger partial charge in [-0.3, -0.25) is 13.7 Å². The third-order valence-corrected chi connectivity index (χ3v) is 9.87. The van der Waals surface area contributed by atoms with Gasteiger partial charge in [0.2, 0.25) is 5.34 Å². The fourth-order valence-electron chi connectivity index (χ4n) is 3.53. The van der Waals surface area contributed by atoms with E-state index in [2.05, 4.69) is 0 Å². The van der Waals surface area contributed by atoms with Crippen LogP contribution in [0.1, 0.15) is 23.2 Å². The minimum Gasteiger partial charge on any atom is -0.497 e. The summed E-state index contributed by atoms with van der Waals surface area (Å²) in [6.45, 7) is 0. The molecule has 2 aromatic carbocycles. The molecular formula is C19H24O7P2. The number of methoxy groups -OCH3 is 1. The summed E-state index contributed by atoms with van der Waals surface area (Å²) < 4.78 is 54.4. The second-order valence-corrected chi connectivity index (χ2v) is 11.0. The van der Waals surface area contributed by atoms with E-state index in [4.69, 9.17) is 22.8 Å². The summed E-state index contributed by atoms with van der Waals surface area (Å²) in [5.41, 5.74) is 0.625. The minimum absolute atomic E-state index is 0.105. The van der Waals surface area contributed by atoms with Crippen LogP contribution < -0.4 is 4.74 Å². The van der Waals surface area contributed by atoms with Crippen LogP contribution in [0.25, 0.3) is 0 Å². The van der Waals surface area contributed by atoms with Crippen LogP contribution in [0.15, 0.2) is 54.6 Å². The molecule has 1 aliphatic heterocycles. The third kappa shape index (κ3) is 3.37. The van der Waals surface area contributed by atoms with Crippen molar-refractivity contribution < 1.29 is 32.0 Å². The van der Waals surface area contributed by atoms with Gasteiger partial charge in [-0.25, -0.2) is 0 Å². The monoisotopic (exact) mass is 426 g/mol. The fraction of sp³-hybridized carbons (Fsp3) is 0.368. The zero-order valence-electron chi connectivity index (χ0n) is 16.2. The van der Waals surface area contributed by atoms with Crippen LogP contribution in [0.3, 0.4) is 0 Å². The van der Waals surface area contributed by atoms with Gasteiger partial charge in [-0.2, -0.15) is 0 Å². The molecule has 1 fully saturated rings. The van der Waals surface area contributed by atoms with E-state index in [1.807, 2.05) is 6.07 Å². The second-order valence-electron chi connectivity index (χ2n) is 6.32. The predicted molar refractivity (Wildman–Crippen MR) is 106 cm³/mol. The molecule has 3 atom stereocenters. The van der Waals surface area contributed by atoms with E-state index < -0.39 is 26.2 Å². The Morgan fingerprint density at radius 1 is 1.00 bits per heavy atom. The average Bonchev–Trinajstić information content (AvgIpc) is 3.09. The summed E-state index contributed by atoms with van der Waals surface area (Å²) in [6, 6.07) is 16.0. The predicted octanol–water partition coefficient (Wildman–Crippen LogP) is 5.34. The molecular weight excluding hydrogens is 402 g/mol. The lowest BCUT2D eigenvalue weighted by atomic mass is 10.00. The van der Waals surface area contributed by atoms with Gasteiger partial charge < -0.3 is 18.3 Å². The highest BCUT2D eigenvalue weighted by molar-refractivity contribution is 7.59. The molecule has 9 heteroatoms. The van der Waals surface area contributed by atoms with Crippen molar-refractivity contribution in [3.63, 3.8) is 0 Å². The summed E-state index contributed by atoms with van der Waals surface area (Å²) >= 11 is 0. The van der Waals surface area contributed by atoms with Gasteiger partial charge in [0, 0.05) is 27.8 Å².